The Hall–Kier alpha value is -2.89. The van der Waals surface area contributed by atoms with Gasteiger partial charge in [-0.05, 0) is 30.9 Å². The monoisotopic (exact) mass is 397 g/mol. The van der Waals surface area contributed by atoms with Gasteiger partial charge in [0.1, 0.15) is 0 Å². The van der Waals surface area contributed by atoms with Gasteiger partial charge in [-0.25, -0.2) is 0 Å². The van der Waals surface area contributed by atoms with Crippen LogP contribution >= 0.6 is 0 Å². The fourth-order valence-electron chi connectivity index (χ4n) is 3.66. The largest absolute Gasteiger partial charge is 0.493 e. The zero-order valence-electron chi connectivity index (χ0n) is 17.7. The summed E-state index contributed by atoms with van der Waals surface area (Å²) >= 11 is 0. The van der Waals surface area contributed by atoms with Crippen molar-refractivity contribution in [3.05, 3.63) is 53.6 Å². The molecule has 0 amide bonds. The van der Waals surface area contributed by atoms with Crippen LogP contribution in [0.1, 0.15) is 24.0 Å². The lowest BCUT2D eigenvalue weighted by Crippen LogP contribution is -2.42. The third-order valence-corrected chi connectivity index (χ3v) is 5.53. The fraction of sp³-hybridized carbons (Fsp3) is 0.435. The molecule has 6 heteroatoms. The molecule has 0 unspecified atom stereocenters. The molecule has 2 aromatic rings. The molecule has 2 N–H and O–H groups in total. The second-order valence-corrected chi connectivity index (χ2v) is 7.24. The molecular formula is C23H31N3O3. The summed E-state index contributed by atoms with van der Waals surface area (Å²) in [5, 5.41) is 6.89. The minimum absolute atomic E-state index is 0.242. The normalized spacial score (nSPS) is 14.8. The van der Waals surface area contributed by atoms with Gasteiger partial charge in [-0.2, -0.15) is 0 Å². The highest BCUT2D eigenvalue weighted by Gasteiger charge is 2.43. The van der Waals surface area contributed by atoms with Crippen LogP contribution in [0, 0.1) is 0 Å². The van der Waals surface area contributed by atoms with Gasteiger partial charge in [-0.1, -0.05) is 36.4 Å². The number of nitrogens with one attached hydrogen (secondary N) is 2. The van der Waals surface area contributed by atoms with Gasteiger partial charge in [0.25, 0.3) is 0 Å². The first-order valence-electron chi connectivity index (χ1n) is 9.95. The van der Waals surface area contributed by atoms with E-state index in [1.54, 1.807) is 28.4 Å². The third kappa shape index (κ3) is 4.75. The molecule has 0 aliphatic heterocycles. The van der Waals surface area contributed by atoms with Gasteiger partial charge in [-0.15, -0.1) is 0 Å². The first-order valence-corrected chi connectivity index (χ1v) is 9.95. The Kier molecular flexibility index (Phi) is 6.86. The van der Waals surface area contributed by atoms with E-state index in [1.165, 1.54) is 18.4 Å². The average molecular weight is 398 g/mol. The Balaban J connectivity index is 1.56. The summed E-state index contributed by atoms with van der Waals surface area (Å²) in [5.74, 6) is 2.80. The quantitative estimate of drug-likeness (QED) is 0.503. The Bertz CT molecular complexity index is 833. The molecule has 29 heavy (non-hydrogen) atoms. The molecule has 6 nitrogen and oxygen atoms in total. The maximum atomic E-state index is 5.56. The minimum Gasteiger partial charge on any atom is -0.493 e. The summed E-state index contributed by atoms with van der Waals surface area (Å²) in [5.41, 5.74) is 2.69. The number of rotatable bonds is 9. The number of ether oxygens (including phenoxy) is 3. The highest BCUT2D eigenvalue weighted by atomic mass is 16.5. The third-order valence-electron chi connectivity index (χ3n) is 5.53. The molecule has 1 saturated carbocycles. The van der Waals surface area contributed by atoms with Gasteiger partial charge < -0.3 is 24.8 Å². The number of aliphatic imine (C=N–C) groups is 1. The van der Waals surface area contributed by atoms with E-state index in [4.69, 9.17) is 14.2 Å². The van der Waals surface area contributed by atoms with Crippen molar-refractivity contribution in [3.8, 4) is 17.2 Å². The van der Waals surface area contributed by atoms with Crippen molar-refractivity contribution < 1.29 is 14.2 Å². The predicted octanol–water partition coefficient (Wildman–Crippen LogP) is 3.15. The van der Waals surface area contributed by atoms with Crippen LogP contribution in [0.2, 0.25) is 0 Å². The Morgan fingerprint density at radius 1 is 0.931 bits per heavy atom. The number of methoxy groups -OCH3 is 3. The lowest BCUT2D eigenvalue weighted by molar-refractivity contribution is 0.322. The van der Waals surface area contributed by atoms with E-state index in [1.807, 2.05) is 12.1 Å². The molecule has 0 aromatic heterocycles. The molecule has 1 fully saturated rings. The second kappa shape index (κ2) is 9.54. The highest BCUT2D eigenvalue weighted by Crippen LogP contribution is 2.47. The van der Waals surface area contributed by atoms with E-state index in [0.717, 1.165) is 31.0 Å². The molecule has 0 bridgehead atoms. The number of benzene rings is 2. The standard InChI is InChI=1S/C23H31N3O3/c1-24-22(26-16-23(13-14-23)18-8-6-5-7-9-18)25-15-12-17-10-11-19(27-2)21(29-4)20(17)28-3/h5-11H,12-16H2,1-4H3,(H2,24,25,26). The van der Waals surface area contributed by atoms with Crippen LogP contribution in [0.5, 0.6) is 17.2 Å². The van der Waals surface area contributed by atoms with Crippen LogP contribution in [-0.2, 0) is 11.8 Å². The van der Waals surface area contributed by atoms with E-state index in [-0.39, 0.29) is 5.41 Å². The van der Waals surface area contributed by atoms with Gasteiger partial charge in [0.2, 0.25) is 5.75 Å². The van der Waals surface area contributed by atoms with Crippen molar-refractivity contribution in [2.75, 3.05) is 41.5 Å². The van der Waals surface area contributed by atoms with Gasteiger partial charge >= 0.3 is 0 Å². The van der Waals surface area contributed by atoms with Crippen molar-refractivity contribution in [1.29, 1.82) is 0 Å². The molecule has 0 saturated heterocycles. The lowest BCUT2D eigenvalue weighted by Gasteiger charge is -2.19. The summed E-state index contributed by atoms with van der Waals surface area (Å²) < 4.78 is 16.4. The van der Waals surface area contributed by atoms with Gasteiger partial charge in [0.15, 0.2) is 17.5 Å². The maximum Gasteiger partial charge on any atom is 0.203 e. The molecule has 0 spiro atoms. The van der Waals surface area contributed by atoms with E-state index in [2.05, 4.69) is 46.0 Å². The molecule has 1 aliphatic rings. The minimum atomic E-state index is 0.242. The summed E-state index contributed by atoms with van der Waals surface area (Å²) in [6.45, 7) is 1.61. The molecule has 0 heterocycles. The summed E-state index contributed by atoms with van der Waals surface area (Å²) in [4.78, 5) is 4.37. The van der Waals surface area contributed by atoms with E-state index >= 15 is 0 Å². The molecular weight excluding hydrogens is 366 g/mol. The molecule has 0 radical (unpaired) electrons. The highest BCUT2D eigenvalue weighted by molar-refractivity contribution is 5.79. The van der Waals surface area contributed by atoms with Crippen LogP contribution in [0.15, 0.2) is 47.5 Å². The Labute approximate surface area is 173 Å². The maximum absolute atomic E-state index is 5.56. The number of hydrogen-bond acceptors (Lipinski definition) is 4. The van der Waals surface area contributed by atoms with Gasteiger partial charge in [0, 0.05) is 31.1 Å². The van der Waals surface area contributed by atoms with Crippen LogP contribution in [-0.4, -0.2) is 47.4 Å². The zero-order valence-corrected chi connectivity index (χ0v) is 17.7. The van der Waals surface area contributed by atoms with Crippen molar-refractivity contribution in [3.63, 3.8) is 0 Å². The predicted molar refractivity (Wildman–Crippen MR) is 117 cm³/mol. The topological polar surface area (TPSA) is 64.1 Å². The molecule has 3 rings (SSSR count). The summed E-state index contributed by atoms with van der Waals surface area (Å²) in [7, 11) is 6.69. The molecule has 156 valence electrons. The number of hydrogen-bond donors (Lipinski definition) is 2. The van der Waals surface area contributed by atoms with Crippen LogP contribution in [0.4, 0.5) is 0 Å². The second-order valence-electron chi connectivity index (χ2n) is 7.24. The van der Waals surface area contributed by atoms with E-state index in [0.29, 0.717) is 17.2 Å². The summed E-state index contributed by atoms with van der Waals surface area (Å²) in [6, 6.07) is 14.6. The van der Waals surface area contributed by atoms with Crippen molar-refractivity contribution in [2.24, 2.45) is 4.99 Å². The molecule has 2 aromatic carbocycles. The van der Waals surface area contributed by atoms with Crippen molar-refractivity contribution in [2.45, 2.75) is 24.7 Å². The van der Waals surface area contributed by atoms with E-state index in [9.17, 15) is 0 Å². The van der Waals surface area contributed by atoms with Gasteiger partial charge in [0.05, 0.1) is 21.3 Å². The average Bonchev–Trinajstić information content (AvgIpc) is 3.57. The van der Waals surface area contributed by atoms with Crippen molar-refractivity contribution in [1.82, 2.24) is 10.6 Å². The van der Waals surface area contributed by atoms with Crippen molar-refractivity contribution >= 4 is 5.96 Å². The van der Waals surface area contributed by atoms with Gasteiger partial charge in [-0.3, -0.25) is 4.99 Å². The summed E-state index contributed by atoms with van der Waals surface area (Å²) in [6.07, 6.45) is 3.20. The van der Waals surface area contributed by atoms with Crippen LogP contribution < -0.4 is 24.8 Å². The zero-order chi connectivity index (χ0) is 20.7. The molecule has 0 atom stereocenters. The van der Waals surface area contributed by atoms with Crippen LogP contribution in [0.3, 0.4) is 0 Å². The number of nitrogens with zero attached hydrogens (tertiary/aromatic N) is 1. The Morgan fingerprint density at radius 3 is 2.24 bits per heavy atom. The first kappa shape index (κ1) is 20.8. The first-order chi connectivity index (χ1) is 14.2. The Morgan fingerprint density at radius 2 is 1.66 bits per heavy atom. The lowest BCUT2D eigenvalue weighted by atomic mass is 9.96. The smallest absolute Gasteiger partial charge is 0.203 e. The number of guanidine groups is 1. The van der Waals surface area contributed by atoms with Crippen LogP contribution in [0.25, 0.3) is 0 Å². The van der Waals surface area contributed by atoms with E-state index < -0.39 is 0 Å². The fourth-order valence-corrected chi connectivity index (χ4v) is 3.66. The molecule has 1 aliphatic carbocycles. The SMILES string of the molecule is CN=C(NCCc1ccc(OC)c(OC)c1OC)NCC1(c2ccccc2)CC1.